The average Bonchev–Trinajstić information content (AvgIpc) is 1.62. The van der Waals surface area contributed by atoms with Gasteiger partial charge in [-0.15, -0.1) is 0 Å². The third-order valence-corrected chi connectivity index (χ3v) is 31.0. The molecule has 7 aromatic heterocycles. The normalized spacial score (nSPS) is 28.4. The van der Waals surface area contributed by atoms with E-state index in [2.05, 4.69) is 218 Å². The summed E-state index contributed by atoms with van der Waals surface area (Å²) >= 11 is 0. The smallest absolute Gasteiger partial charge is 0.224 e. The Labute approximate surface area is 758 Å². The topological polar surface area (TPSA) is 318 Å². The fourth-order valence-electron chi connectivity index (χ4n) is 23.5. The summed E-state index contributed by atoms with van der Waals surface area (Å²) in [4.78, 5) is 98.0. The van der Waals surface area contributed by atoms with E-state index in [-0.39, 0.29) is 81.7 Å². The van der Waals surface area contributed by atoms with Crippen LogP contribution < -0.4 is 57.9 Å². The van der Waals surface area contributed by atoms with Crippen LogP contribution in [0.1, 0.15) is 168 Å². The number of rotatable bonds is 20. The van der Waals surface area contributed by atoms with Crippen LogP contribution in [-0.2, 0) is 45.4 Å². The number of carbonyl (C=O) groups excluding carboxylic acids is 6. The Hall–Kier alpha value is -10.3. The molecule has 23 rings (SSSR count). The molecule has 0 bridgehead atoms. The van der Waals surface area contributed by atoms with Crippen LogP contribution in [0.3, 0.4) is 0 Å². The number of benzene rings is 3. The van der Waals surface area contributed by atoms with E-state index in [1.165, 1.54) is 11.1 Å². The molecule has 14 heterocycles. The molecular weight excluding hydrogens is 1610 g/mol. The number of piperidine rings is 6. The van der Waals surface area contributed by atoms with Gasteiger partial charge in [-0.25, -0.2) is 24.5 Å². The summed E-state index contributed by atoms with van der Waals surface area (Å²) < 4.78 is 9.75. The molecule has 13 aliphatic rings. The molecule has 680 valence electrons. The molecule has 3 aromatic carbocycles. The lowest BCUT2D eigenvalue weighted by Gasteiger charge is -2.32. The van der Waals surface area contributed by atoms with E-state index in [9.17, 15) is 28.8 Å². The molecule has 4 amide bonds. The van der Waals surface area contributed by atoms with Gasteiger partial charge < -0.3 is 62.3 Å². The largest absolute Gasteiger partial charge is 0.493 e. The Bertz CT molecular complexity index is 5890. The van der Waals surface area contributed by atoms with Crippen molar-refractivity contribution in [3.8, 4) is 5.75 Å². The highest BCUT2D eigenvalue weighted by atomic mass is 16.5. The van der Waals surface area contributed by atoms with Gasteiger partial charge in [0.1, 0.15) is 29.0 Å². The first-order valence-corrected chi connectivity index (χ1v) is 47.5. The minimum atomic E-state index is -0.412. The summed E-state index contributed by atoms with van der Waals surface area (Å²) in [6.07, 6.45) is 9.21. The van der Waals surface area contributed by atoms with Crippen LogP contribution in [0, 0.1) is 148 Å². The second-order valence-electron chi connectivity index (χ2n) is 41.9. The first kappa shape index (κ1) is 89.3. The molecule has 10 aromatic rings. The van der Waals surface area contributed by atoms with Crippen LogP contribution in [-0.4, -0.2) is 165 Å². The quantitative estimate of drug-likeness (QED) is 0.0339. The summed E-state index contributed by atoms with van der Waals surface area (Å²) in [6, 6.07) is 38.9. The molecule has 21 atom stereocenters. The first-order chi connectivity index (χ1) is 61.7. The van der Waals surface area contributed by atoms with Crippen molar-refractivity contribution in [1.82, 2.24) is 92.1 Å². The van der Waals surface area contributed by atoms with Gasteiger partial charge in [-0.05, 0) is 311 Å². The number of ketones is 2. The SMILES string of the molecule is CC(C)(NC(=O)C1[C@H]2CNC[C@@H]12)C1COc2ccccc21.CC(C)(NC(=O)C1[C@H]2CNC[C@@H]12)c1cnn2ccccc12.Cc1ccc(C(C)(C)NC(=O)C2[C@H]3CNC[C@@H]23)c(C)n1.Cc1ccc2cc(C(C)(C)NC(=O)C3[C@H]4CNC[C@@H]34)cn2c1.Cc1nc(C(C)CC(=O)C2[C@H]3CNC[C@@H]23)c2cccc(C)c2n1.Cc1nc(C(C)CC(=O)C2[C@H]3CNC[C@@H]23)c2ccccc2n1. The number of ether oxygens (including phenoxy) is 1. The number of para-hydroxylation sites is 3. The van der Waals surface area contributed by atoms with Crippen LogP contribution >= 0.6 is 0 Å². The molecule has 25 heteroatoms. The van der Waals surface area contributed by atoms with Gasteiger partial charge in [0, 0.05) is 129 Å². The molecule has 9 unspecified atom stereocenters. The Morgan fingerprint density at radius 1 is 0.450 bits per heavy atom. The number of fused-ring (bicyclic) bond motifs is 11. The Kier molecular flexibility index (Phi) is 24.5. The number of nitrogens with one attached hydrogen (secondary N) is 10. The van der Waals surface area contributed by atoms with Crippen molar-refractivity contribution < 1.29 is 33.5 Å². The predicted molar refractivity (Wildman–Crippen MR) is 501 cm³/mol. The number of Topliss-reactive ketones (excluding diaryl/α,β-unsaturated/α-hetero) is 2. The highest BCUT2D eigenvalue weighted by Crippen LogP contribution is 2.55. The number of aromatic nitrogens is 8. The Balaban J connectivity index is 0.000000104. The van der Waals surface area contributed by atoms with E-state index in [4.69, 9.17) is 4.74 Å². The second kappa shape index (κ2) is 35.4. The number of aryl methyl sites for hydroxylation is 6. The molecular formula is C104H132N18O7. The zero-order chi connectivity index (χ0) is 90.6. The Morgan fingerprint density at radius 3 is 1.44 bits per heavy atom. The maximum Gasteiger partial charge on any atom is 0.224 e. The van der Waals surface area contributed by atoms with Gasteiger partial charge in [0.2, 0.25) is 23.6 Å². The predicted octanol–water partition coefficient (Wildman–Crippen LogP) is 11.5. The molecule has 10 N–H and O–H groups in total. The van der Waals surface area contributed by atoms with Crippen LogP contribution in [0.25, 0.3) is 32.8 Å². The minimum Gasteiger partial charge on any atom is -0.493 e. The lowest BCUT2D eigenvalue weighted by molar-refractivity contribution is -0.125. The van der Waals surface area contributed by atoms with Crippen molar-refractivity contribution >= 4 is 68.0 Å². The number of nitrogens with zero attached hydrogens (tertiary/aromatic N) is 8. The second-order valence-corrected chi connectivity index (χ2v) is 41.9. The highest BCUT2D eigenvalue weighted by molar-refractivity contribution is 5.90. The standard InChI is InChI=1S/C19H23N3O.C18H23N3O.C18H21N3O.C17H22N2O2.C16H20N4O.C16H23N3O/c1-10-5-4-6-13-18(10)21-12(3)22-19(13)11(2)7-16(23)17-14-8-20-9-15(14)17;1-11-4-5-13-6-12(10-21(13)9-11)18(2,3)20-17(22)16-14-7-19-8-15(14)16;1-10(7-16(22)17-13-8-19-9-14(13)17)18-12-5-3-4-6-15(12)20-11(2)21-18;1-17(2,13-9-21-14-6-4-3-5-10(13)14)19-16(20)15-11-7-18-8-12(11)15;1-16(2,12-9-18-20-6-4-3-5-13(12)20)19-15(21)14-10-7-17-8-11(10)14;1-9-5-6-13(10(2)18-9)16(3,4)19-15(20)14-11-7-17-8-12(11)14/h4-6,11,14-15,17,20H,7-9H2,1-3H3;4-6,9-10,14-16,19H,7-8H2,1-3H3,(H,20,22);3-6,10,13-14,17,19H,7-9H2,1-2H3;3-6,11-13,15,18H,7-9H2,1-2H3,(H,19,20);3-6,9-11,14,17H,7-8H2,1-2H3,(H,19,21);5-6,11-12,14,17H,7-8H2,1-4H3,(H,19,20)/t11?,14-,15+,17?;14-,15+,16?;10?,13-,14+,17?;11-,12+,13?,15?;10-,11+,14?;11-,12+,14?. The van der Waals surface area contributed by atoms with Gasteiger partial charge in [-0.1, -0.05) is 86.6 Å². The monoisotopic (exact) mass is 1750 g/mol. The number of hydrogen-bond acceptors (Lipinski definition) is 19. The van der Waals surface area contributed by atoms with Crippen LogP contribution in [0.5, 0.6) is 5.75 Å². The average molecular weight is 1750 g/mol. The fraction of sp³-hybridized carbons (Fsp3) is 0.538. The van der Waals surface area contributed by atoms with E-state index in [0.717, 1.165) is 174 Å². The van der Waals surface area contributed by atoms with E-state index < -0.39 is 5.54 Å². The molecule has 6 saturated heterocycles. The van der Waals surface area contributed by atoms with Crippen molar-refractivity contribution in [2.75, 3.05) is 85.1 Å². The summed E-state index contributed by atoms with van der Waals surface area (Å²) in [5.74, 6) is 13.0. The molecule has 6 aliphatic carbocycles. The zero-order valence-electron chi connectivity index (χ0n) is 77.9. The van der Waals surface area contributed by atoms with Crippen LogP contribution in [0.15, 0.2) is 140 Å². The summed E-state index contributed by atoms with van der Waals surface area (Å²) in [5.41, 5.74) is 13.7. The van der Waals surface area contributed by atoms with Gasteiger partial charge in [0.05, 0.1) is 57.4 Å². The molecule has 0 spiro atoms. The summed E-state index contributed by atoms with van der Waals surface area (Å²) in [5, 5.41) is 39.6. The molecule has 0 radical (unpaired) electrons. The van der Waals surface area contributed by atoms with Crippen molar-refractivity contribution in [2.24, 2.45) is 107 Å². The number of hydrogen-bond donors (Lipinski definition) is 10. The lowest BCUT2D eigenvalue weighted by Crippen LogP contribution is -2.49. The first-order valence-electron chi connectivity index (χ1n) is 47.5. The molecule has 12 fully saturated rings. The number of carbonyl (C=O) groups is 6. The van der Waals surface area contributed by atoms with Gasteiger partial charge in [0.15, 0.2) is 0 Å². The third-order valence-electron chi connectivity index (χ3n) is 31.0. The van der Waals surface area contributed by atoms with Gasteiger partial charge in [-0.2, -0.15) is 5.10 Å². The van der Waals surface area contributed by atoms with E-state index in [1.54, 1.807) is 0 Å². The van der Waals surface area contributed by atoms with Crippen molar-refractivity contribution in [3.05, 3.63) is 208 Å². The van der Waals surface area contributed by atoms with Crippen LogP contribution in [0.4, 0.5) is 0 Å². The van der Waals surface area contributed by atoms with E-state index >= 15 is 0 Å². The number of amides is 4. The summed E-state index contributed by atoms with van der Waals surface area (Å²) in [7, 11) is 0. The zero-order valence-corrected chi connectivity index (χ0v) is 77.9. The number of pyridine rings is 3. The molecule has 129 heavy (non-hydrogen) atoms. The molecule has 25 nitrogen and oxygen atoms in total. The summed E-state index contributed by atoms with van der Waals surface area (Å²) in [6.45, 7) is 45.5. The fourth-order valence-corrected chi connectivity index (χ4v) is 23.5. The van der Waals surface area contributed by atoms with Crippen molar-refractivity contribution in [2.45, 2.75) is 164 Å². The molecule has 7 aliphatic heterocycles. The molecule has 6 saturated carbocycles. The van der Waals surface area contributed by atoms with Crippen molar-refractivity contribution in [1.29, 1.82) is 0 Å². The van der Waals surface area contributed by atoms with Crippen LogP contribution in [0.2, 0.25) is 0 Å². The van der Waals surface area contributed by atoms with Gasteiger partial charge >= 0.3 is 0 Å². The highest BCUT2D eigenvalue weighted by Gasteiger charge is 2.62. The van der Waals surface area contributed by atoms with E-state index in [1.807, 2.05) is 125 Å². The van der Waals surface area contributed by atoms with Gasteiger partial charge in [0.25, 0.3) is 0 Å². The minimum absolute atomic E-state index is 0.141. The maximum absolute atomic E-state index is 12.6. The Morgan fingerprint density at radius 2 is 0.907 bits per heavy atom. The third kappa shape index (κ3) is 18.4. The van der Waals surface area contributed by atoms with Crippen molar-refractivity contribution in [3.63, 3.8) is 0 Å². The van der Waals surface area contributed by atoms with Gasteiger partial charge in [-0.3, -0.25) is 33.8 Å². The van der Waals surface area contributed by atoms with E-state index in [0.29, 0.717) is 114 Å². The maximum atomic E-state index is 12.6. The lowest BCUT2D eigenvalue weighted by atomic mass is 9.83.